The highest BCUT2D eigenvalue weighted by molar-refractivity contribution is 5.23. The molecule has 1 nitrogen and oxygen atoms in total. The van der Waals surface area contributed by atoms with Crippen molar-refractivity contribution in [3.05, 3.63) is 65.5 Å². The highest BCUT2D eigenvalue weighted by Gasteiger charge is 1.95. The molecule has 0 amide bonds. The Morgan fingerprint density at radius 3 is 2.53 bits per heavy atom. The van der Waals surface area contributed by atoms with Crippen molar-refractivity contribution in [2.45, 2.75) is 19.8 Å². The predicted molar refractivity (Wildman–Crippen MR) is 62.8 cm³/mol. The molecule has 0 aliphatic rings. The van der Waals surface area contributed by atoms with E-state index in [1.54, 1.807) is 0 Å². The van der Waals surface area contributed by atoms with E-state index in [-0.39, 0.29) is 0 Å². The van der Waals surface area contributed by atoms with Gasteiger partial charge in [-0.15, -0.1) is 0 Å². The van der Waals surface area contributed by atoms with E-state index < -0.39 is 0 Å². The normalized spacial score (nSPS) is 10.2. The number of rotatable bonds is 3. The molecule has 2 aromatic rings. The molecule has 0 aliphatic carbocycles. The van der Waals surface area contributed by atoms with E-state index in [9.17, 15) is 0 Å². The van der Waals surface area contributed by atoms with Crippen molar-refractivity contribution < 1.29 is 0 Å². The van der Waals surface area contributed by atoms with Gasteiger partial charge in [-0.1, -0.05) is 35.9 Å². The molecule has 0 atom stereocenters. The summed E-state index contributed by atoms with van der Waals surface area (Å²) >= 11 is 0. The summed E-state index contributed by atoms with van der Waals surface area (Å²) in [5.74, 6) is 0. The molecule has 0 saturated heterocycles. The summed E-state index contributed by atoms with van der Waals surface area (Å²) < 4.78 is 0. The van der Waals surface area contributed by atoms with Crippen molar-refractivity contribution >= 4 is 0 Å². The van der Waals surface area contributed by atoms with Crippen LogP contribution in [0.25, 0.3) is 0 Å². The van der Waals surface area contributed by atoms with Crippen LogP contribution in [0.2, 0.25) is 0 Å². The SMILES string of the molecule is Cc1cccc(CCc2cccnc2)c1. The van der Waals surface area contributed by atoms with Crippen molar-refractivity contribution in [1.29, 1.82) is 0 Å². The minimum atomic E-state index is 1.07. The van der Waals surface area contributed by atoms with Crippen LogP contribution < -0.4 is 0 Å². The first kappa shape index (κ1) is 9.91. The Morgan fingerprint density at radius 1 is 1.00 bits per heavy atom. The first-order chi connectivity index (χ1) is 7.34. The second kappa shape index (κ2) is 4.74. The van der Waals surface area contributed by atoms with E-state index in [2.05, 4.69) is 42.2 Å². The largest absolute Gasteiger partial charge is 0.264 e. The maximum atomic E-state index is 4.11. The van der Waals surface area contributed by atoms with Crippen LogP contribution in [-0.2, 0) is 12.8 Å². The summed E-state index contributed by atoms with van der Waals surface area (Å²) in [6.45, 7) is 2.13. The number of aromatic nitrogens is 1. The van der Waals surface area contributed by atoms with Gasteiger partial charge in [0.2, 0.25) is 0 Å². The van der Waals surface area contributed by atoms with Crippen LogP contribution in [0.15, 0.2) is 48.8 Å². The molecule has 76 valence electrons. The molecule has 0 radical (unpaired) electrons. The average Bonchev–Trinajstić information content (AvgIpc) is 2.28. The maximum absolute atomic E-state index is 4.11. The lowest BCUT2D eigenvalue weighted by atomic mass is 10.0. The summed E-state index contributed by atoms with van der Waals surface area (Å²) in [5, 5.41) is 0. The van der Waals surface area contributed by atoms with Crippen LogP contribution in [0, 0.1) is 6.92 Å². The van der Waals surface area contributed by atoms with Crippen LogP contribution in [0.1, 0.15) is 16.7 Å². The highest BCUT2D eigenvalue weighted by Crippen LogP contribution is 2.08. The topological polar surface area (TPSA) is 12.9 Å². The number of nitrogens with zero attached hydrogens (tertiary/aromatic N) is 1. The van der Waals surface area contributed by atoms with Crippen molar-refractivity contribution in [3.63, 3.8) is 0 Å². The second-order valence-electron chi connectivity index (χ2n) is 3.85. The minimum Gasteiger partial charge on any atom is -0.264 e. The summed E-state index contributed by atoms with van der Waals surface area (Å²) in [6, 6.07) is 12.8. The third kappa shape index (κ3) is 2.91. The lowest BCUT2D eigenvalue weighted by Crippen LogP contribution is -1.92. The Morgan fingerprint density at radius 2 is 1.80 bits per heavy atom. The number of aryl methyl sites for hydroxylation is 3. The predicted octanol–water partition coefficient (Wildman–Crippen LogP) is 3.18. The Hall–Kier alpha value is -1.63. The third-order valence-corrected chi connectivity index (χ3v) is 2.51. The van der Waals surface area contributed by atoms with E-state index >= 15 is 0 Å². The molecule has 1 heterocycles. The van der Waals surface area contributed by atoms with Gasteiger partial charge in [0.25, 0.3) is 0 Å². The first-order valence-corrected chi connectivity index (χ1v) is 5.29. The van der Waals surface area contributed by atoms with E-state index in [4.69, 9.17) is 0 Å². The minimum absolute atomic E-state index is 1.07. The fraction of sp³-hybridized carbons (Fsp3) is 0.214. The molecular weight excluding hydrogens is 182 g/mol. The number of pyridine rings is 1. The molecular formula is C14H15N. The number of hydrogen-bond donors (Lipinski definition) is 0. The molecule has 1 heteroatoms. The van der Waals surface area contributed by atoms with E-state index in [0.717, 1.165) is 12.8 Å². The van der Waals surface area contributed by atoms with Gasteiger partial charge in [-0.25, -0.2) is 0 Å². The molecule has 15 heavy (non-hydrogen) atoms. The van der Waals surface area contributed by atoms with Gasteiger partial charge in [-0.05, 0) is 37.0 Å². The molecule has 1 aromatic carbocycles. The average molecular weight is 197 g/mol. The fourth-order valence-electron chi connectivity index (χ4n) is 1.70. The van der Waals surface area contributed by atoms with E-state index in [1.807, 2.05) is 18.5 Å². The molecule has 0 unspecified atom stereocenters. The summed E-state index contributed by atoms with van der Waals surface area (Å²) in [4.78, 5) is 4.11. The Labute approximate surface area is 90.8 Å². The lowest BCUT2D eigenvalue weighted by Gasteiger charge is -2.02. The van der Waals surface area contributed by atoms with E-state index in [0.29, 0.717) is 0 Å². The molecule has 0 bridgehead atoms. The van der Waals surface area contributed by atoms with Crippen LogP contribution in [0.3, 0.4) is 0 Å². The monoisotopic (exact) mass is 197 g/mol. The molecule has 0 spiro atoms. The molecule has 0 fully saturated rings. The van der Waals surface area contributed by atoms with Crippen molar-refractivity contribution in [1.82, 2.24) is 4.98 Å². The lowest BCUT2D eigenvalue weighted by molar-refractivity contribution is 0.948. The zero-order valence-electron chi connectivity index (χ0n) is 8.98. The Kier molecular flexibility index (Phi) is 3.13. The molecule has 0 N–H and O–H groups in total. The number of hydrogen-bond acceptors (Lipinski definition) is 1. The van der Waals surface area contributed by atoms with Gasteiger partial charge in [-0.3, -0.25) is 4.98 Å². The standard InChI is InChI=1S/C14H15N/c1-12-4-2-5-13(10-12)7-8-14-6-3-9-15-11-14/h2-6,9-11H,7-8H2,1H3. The fourth-order valence-corrected chi connectivity index (χ4v) is 1.70. The highest BCUT2D eigenvalue weighted by atomic mass is 14.6. The van der Waals surface area contributed by atoms with E-state index in [1.165, 1.54) is 16.7 Å². The van der Waals surface area contributed by atoms with Gasteiger partial charge in [-0.2, -0.15) is 0 Å². The Bertz CT molecular complexity index is 420. The third-order valence-electron chi connectivity index (χ3n) is 2.51. The van der Waals surface area contributed by atoms with Crippen LogP contribution in [0.5, 0.6) is 0 Å². The van der Waals surface area contributed by atoms with Gasteiger partial charge in [0.05, 0.1) is 0 Å². The maximum Gasteiger partial charge on any atom is 0.0299 e. The van der Waals surface area contributed by atoms with Gasteiger partial charge in [0.1, 0.15) is 0 Å². The smallest absolute Gasteiger partial charge is 0.0299 e. The van der Waals surface area contributed by atoms with Crippen molar-refractivity contribution in [3.8, 4) is 0 Å². The quantitative estimate of drug-likeness (QED) is 0.736. The van der Waals surface area contributed by atoms with Gasteiger partial charge < -0.3 is 0 Å². The Balaban J connectivity index is 1.99. The number of benzene rings is 1. The second-order valence-corrected chi connectivity index (χ2v) is 3.85. The molecule has 0 saturated carbocycles. The molecule has 0 aliphatic heterocycles. The first-order valence-electron chi connectivity index (χ1n) is 5.29. The van der Waals surface area contributed by atoms with Gasteiger partial charge >= 0.3 is 0 Å². The van der Waals surface area contributed by atoms with Crippen LogP contribution in [-0.4, -0.2) is 4.98 Å². The molecule has 2 rings (SSSR count). The van der Waals surface area contributed by atoms with Gasteiger partial charge in [0, 0.05) is 12.4 Å². The summed E-state index contributed by atoms with van der Waals surface area (Å²) in [5.41, 5.74) is 4.04. The van der Waals surface area contributed by atoms with Crippen LogP contribution in [0.4, 0.5) is 0 Å². The van der Waals surface area contributed by atoms with Crippen LogP contribution >= 0.6 is 0 Å². The van der Waals surface area contributed by atoms with Crippen molar-refractivity contribution in [2.24, 2.45) is 0 Å². The van der Waals surface area contributed by atoms with Gasteiger partial charge in [0.15, 0.2) is 0 Å². The van der Waals surface area contributed by atoms with Crippen molar-refractivity contribution in [2.75, 3.05) is 0 Å². The summed E-state index contributed by atoms with van der Waals surface area (Å²) in [7, 11) is 0. The molecule has 1 aromatic heterocycles. The zero-order valence-corrected chi connectivity index (χ0v) is 8.98. The summed E-state index contributed by atoms with van der Waals surface area (Å²) in [6.07, 6.45) is 5.91. The zero-order chi connectivity index (χ0) is 10.5.